The van der Waals surface area contributed by atoms with Crippen molar-refractivity contribution in [2.24, 2.45) is 0 Å². The zero-order valence-electron chi connectivity index (χ0n) is 15.4. The van der Waals surface area contributed by atoms with Gasteiger partial charge in [0.1, 0.15) is 5.75 Å². The number of halogens is 1. The molecule has 0 radical (unpaired) electrons. The number of carboxylic acid groups (broad SMARTS) is 2. The lowest BCUT2D eigenvalue weighted by atomic mass is 9.88. The number of aromatic hydroxyl groups is 1. The van der Waals surface area contributed by atoms with Crippen LogP contribution in [0.2, 0.25) is 5.02 Å². The fourth-order valence-corrected chi connectivity index (χ4v) is 3.27. The van der Waals surface area contributed by atoms with Crippen molar-refractivity contribution >= 4 is 23.5 Å². The van der Waals surface area contributed by atoms with Crippen LogP contribution in [0, 0.1) is 0 Å². The van der Waals surface area contributed by atoms with Crippen LogP contribution in [0.4, 0.5) is 0 Å². The number of carboxylic acids is 2. The molecule has 6 nitrogen and oxygen atoms in total. The molecular formula is C21H22ClNO5. The van der Waals surface area contributed by atoms with Crippen molar-refractivity contribution in [2.45, 2.75) is 12.3 Å². The maximum atomic E-state index is 9.95. The summed E-state index contributed by atoms with van der Waals surface area (Å²) in [5.74, 6) is -2.06. The Morgan fingerprint density at radius 3 is 2.29 bits per heavy atom. The van der Waals surface area contributed by atoms with Gasteiger partial charge in [0, 0.05) is 31.2 Å². The summed E-state index contributed by atoms with van der Waals surface area (Å²) in [6, 6.07) is 14.2. The number of phenolic OH excluding ortho intramolecular Hbond substituents is 1. The van der Waals surface area contributed by atoms with E-state index in [2.05, 4.69) is 36.2 Å². The first kappa shape index (κ1) is 21.5. The summed E-state index contributed by atoms with van der Waals surface area (Å²) in [6.45, 7) is 1.97. The molecule has 0 spiro atoms. The Hall–Kier alpha value is -2.83. The SMILES string of the molecule is CN1CCc2cc(Cl)c(O)cc2[C@H](c2ccccc2)C1.O=C(O)/C=C\C(=O)O. The highest BCUT2D eigenvalue weighted by atomic mass is 35.5. The lowest BCUT2D eigenvalue weighted by Crippen LogP contribution is -2.24. The van der Waals surface area contributed by atoms with E-state index in [1.807, 2.05) is 18.2 Å². The van der Waals surface area contributed by atoms with Crippen LogP contribution in [-0.4, -0.2) is 52.3 Å². The molecule has 0 bridgehead atoms. The molecule has 148 valence electrons. The molecule has 0 fully saturated rings. The molecule has 0 amide bonds. The monoisotopic (exact) mass is 403 g/mol. The number of rotatable bonds is 3. The molecule has 0 saturated carbocycles. The molecule has 1 heterocycles. The first-order valence-electron chi connectivity index (χ1n) is 8.66. The van der Waals surface area contributed by atoms with Crippen molar-refractivity contribution in [3.8, 4) is 5.75 Å². The fraction of sp³-hybridized carbons (Fsp3) is 0.238. The molecule has 1 atom stereocenters. The Morgan fingerprint density at radius 2 is 1.71 bits per heavy atom. The van der Waals surface area contributed by atoms with Crippen molar-refractivity contribution in [3.63, 3.8) is 0 Å². The van der Waals surface area contributed by atoms with Crippen molar-refractivity contribution in [1.82, 2.24) is 4.90 Å². The van der Waals surface area contributed by atoms with Crippen molar-refractivity contribution < 1.29 is 24.9 Å². The first-order chi connectivity index (χ1) is 13.3. The third-order valence-corrected chi connectivity index (χ3v) is 4.71. The molecule has 2 aromatic rings. The van der Waals surface area contributed by atoms with Crippen molar-refractivity contribution in [3.05, 3.63) is 76.3 Å². The van der Waals surface area contributed by atoms with E-state index >= 15 is 0 Å². The average molecular weight is 404 g/mol. The van der Waals surface area contributed by atoms with E-state index in [0.29, 0.717) is 17.2 Å². The number of fused-ring (bicyclic) bond motifs is 1. The highest BCUT2D eigenvalue weighted by molar-refractivity contribution is 6.32. The van der Waals surface area contributed by atoms with Crippen molar-refractivity contribution in [1.29, 1.82) is 0 Å². The highest BCUT2D eigenvalue weighted by Crippen LogP contribution is 2.36. The van der Waals surface area contributed by atoms with E-state index in [9.17, 15) is 14.7 Å². The first-order valence-corrected chi connectivity index (χ1v) is 9.04. The van der Waals surface area contributed by atoms with Crippen LogP contribution in [0.25, 0.3) is 0 Å². The topological polar surface area (TPSA) is 98.1 Å². The van der Waals surface area contributed by atoms with Gasteiger partial charge in [-0.2, -0.15) is 0 Å². The van der Waals surface area contributed by atoms with Crippen LogP contribution in [0.1, 0.15) is 22.6 Å². The Balaban J connectivity index is 0.000000300. The third-order valence-electron chi connectivity index (χ3n) is 4.41. The second-order valence-electron chi connectivity index (χ2n) is 6.49. The van der Waals surface area contributed by atoms with E-state index in [0.717, 1.165) is 19.5 Å². The van der Waals surface area contributed by atoms with Crippen LogP contribution in [0.3, 0.4) is 0 Å². The normalized spacial score (nSPS) is 16.6. The summed E-state index contributed by atoms with van der Waals surface area (Å²) in [6.07, 6.45) is 2.08. The van der Waals surface area contributed by atoms with Gasteiger partial charge in [0.2, 0.25) is 0 Å². The molecule has 0 saturated heterocycles. The predicted molar refractivity (Wildman–Crippen MR) is 107 cm³/mol. The van der Waals surface area contributed by atoms with Gasteiger partial charge < -0.3 is 20.2 Å². The van der Waals surface area contributed by atoms with E-state index in [-0.39, 0.29) is 11.7 Å². The zero-order valence-corrected chi connectivity index (χ0v) is 16.1. The molecule has 7 heteroatoms. The smallest absolute Gasteiger partial charge is 0.328 e. The number of phenols is 1. The lowest BCUT2D eigenvalue weighted by Gasteiger charge is -2.22. The Kier molecular flexibility index (Phi) is 7.61. The summed E-state index contributed by atoms with van der Waals surface area (Å²) in [5.41, 5.74) is 3.72. The molecular weight excluding hydrogens is 382 g/mol. The van der Waals surface area contributed by atoms with E-state index < -0.39 is 11.9 Å². The molecule has 1 aliphatic rings. The van der Waals surface area contributed by atoms with Crippen molar-refractivity contribution in [2.75, 3.05) is 20.1 Å². The van der Waals surface area contributed by atoms with Crippen LogP contribution >= 0.6 is 11.6 Å². The quantitative estimate of drug-likeness (QED) is 0.679. The van der Waals surface area contributed by atoms with Gasteiger partial charge in [-0.15, -0.1) is 0 Å². The molecule has 0 aliphatic carbocycles. The average Bonchev–Trinajstić information content (AvgIpc) is 2.81. The van der Waals surface area contributed by atoms with Gasteiger partial charge in [-0.1, -0.05) is 41.9 Å². The Morgan fingerprint density at radius 1 is 1.11 bits per heavy atom. The molecule has 2 aromatic carbocycles. The Bertz CT molecular complexity index is 851. The minimum absolute atomic E-state index is 0.177. The summed E-state index contributed by atoms with van der Waals surface area (Å²) >= 11 is 6.07. The summed E-state index contributed by atoms with van der Waals surface area (Å²) in [7, 11) is 2.14. The van der Waals surface area contributed by atoms with Crippen LogP contribution < -0.4 is 0 Å². The van der Waals surface area contributed by atoms with Crippen LogP contribution in [0.15, 0.2) is 54.6 Å². The molecule has 1 aliphatic heterocycles. The van der Waals surface area contributed by atoms with E-state index in [4.69, 9.17) is 21.8 Å². The second-order valence-corrected chi connectivity index (χ2v) is 6.89. The molecule has 0 aromatic heterocycles. The van der Waals surface area contributed by atoms with Gasteiger partial charge >= 0.3 is 11.9 Å². The number of aliphatic carboxylic acids is 2. The van der Waals surface area contributed by atoms with Gasteiger partial charge in [-0.05, 0) is 42.3 Å². The summed E-state index contributed by atoms with van der Waals surface area (Å²) in [5, 5.41) is 26.0. The van der Waals surface area contributed by atoms with Gasteiger partial charge in [-0.3, -0.25) is 0 Å². The van der Waals surface area contributed by atoms with Gasteiger partial charge in [0.05, 0.1) is 5.02 Å². The molecule has 0 unspecified atom stereocenters. The predicted octanol–water partition coefficient (Wildman–Crippen LogP) is 3.38. The number of hydrogen-bond donors (Lipinski definition) is 3. The van der Waals surface area contributed by atoms with E-state index in [1.165, 1.54) is 16.7 Å². The minimum atomic E-state index is -1.26. The highest BCUT2D eigenvalue weighted by Gasteiger charge is 2.24. The number of hydrogen-bond acceptors (Lipinski definition) is 4. The second kappa shape index (κ2) is 9.92. The standard InChI is InChI=1S/C17H18ClNO.C4H4O4/c1-19-8-7-13-9-16(18)17(20)10-14(13)15(11-19)12-5-3-2-4-6-12;5-3(6)1-2-4(7)8/h2-6,9-10,15,20H,7-8,11H2,1H3;1-2H,(H,5,6)(H,7,8)/b;2-1-/t15-;/m0./s1. The Labute approximate surface area is 168 Å². The maximum absolute atomic E-state index is 9.95. The van der Waals surface area contributed by atoms with E-state index in [1.54, 1.807) is 0 Å². The number of carbonyl (C=O) groups is 2. The van der Waals surface area contributed by atoms with Gasteiger partial charge in [0.15, 0.2) is 0 Å². The van der Waals surface area contributed by atoms with Gasteiger partial charge in [0.25, 0.3) is 0 Å². The largest absolute Gasteiger partial charge is 0.506 e. The van der Waals surface area contributed by atoms with Crippen LogP contribution in [0.5, 0.6) is 5.75 Å². The summed E-state index contributed by atoms with van der Waals surface area (Å²) in [4.78, 5) is 21.4. The lowest BCUT2D eigenvalue weighted by molar-refractivity contribution is -0.134. The maximum Gasteiger partial charge on any atom is 0.328 e. The molecule has 3 N–H and O–H groups in total. The van der Waals surface area contributed by atoms with Crippen LogP contribution in [-0.2, 0) is 16.0 Å². The fourth-order valence-electron chi connectivity index (χ4n) is 3.09. The minimum Gasteiger partial charge on any atom is -0.506 e. The number of nitrogens with zero attached hydrogens (tertiary/aromatic N) is 1. The number of likely N-dealkylation sites (N-methyl/N-ethyl adjacent to an activating group) is 1. The van der Waals surface area contributed by atoms with Gasteiger partial charge in [-0.25, -0.2) is 9.59 Å². The number of benzene rings is 2. The zero-order chi connectivity index (χ0) is 20.7. The molecule has 28 heavy (non-hydrogen) atoms. The summed E-state index contributed by atoms with van der Waals surface area (Å²) < 4.78 is 0. The molecule has 3 rings (SSSR count). The third kappa shape index (κ3) is 6.11.